The number of hydrogen-bond donors (Lipinski definition) is 0. The molecule has 0 atom stereocenters. The Morgan fingerprint density at radius 1 is 0.650 bits per heavy atom. The Morgan fingerprint density at radius 3 is 1.20 bits per heavy atom. The van der Waals surface area contributed by atoms with Gasteiger partial charge in [0, 0.05) is 39.3 Å². The average Bonchev–Trinajstić information content (AvgIpc) is 2.44. The Labute approximate surface area is 127 Å². The van der Waals surface area contributed by atoms with Crippen LogP contribution in [0.5, 0.6) is 0 Å². The summed E-state index contributed by atoms with van der Waals surface area (Å²) in [5.41, 5.74) is 0. The van der Waals surface area contributed by atoms with Crippen LogP contribution in [0.15, 0.2) is 0 Å². The van der Waals surface area contributed by atoms with Crippen LogP contribution >= 0.6 is 0 Å². The van der Waals surface area contributed by atoms with Crippen LogP contribution in [0.2, 0.25) is 0 Å². The van der Waals surface area contributed by atoms with Gasteiger partial charge in [0.15, 0.2) is 0 Å². The second kappa shape index (κ2) is 7.74. The second-order valence-electron chi connectivity index (χ2n) is 7.63. The van der Waals surface area contributed by atoms with Gasteiger partial charge in [-0.15, -0.1) is 0 Å². The summed E-state index contributed by atoms with van der Waals surface area (Å²) in [6, 6.07) is 0. The topological polar surface area (TPSA) is 6.48 Å². The van der Waals surface area contributed by atoms with Crippen LogP contribution in [0.25, 0.3) is 0 Å². The number of rotatable bonds is 8. The first-order valence-corrected chi connectivity index (χ1v) is 8.37. The van der Waals surface area contributed by atoms with Crippen molar-refractivity contribution in [3.63, 3.8) is 0 Å². The molecule has 1 fully saturated rings. The van der Waals surface area contributed by atoms with Crippen molar-refractivity contribution in [3.8, 4) is 0 Å². The predicted octanol–water partition coefficient (Wildman–Crippen LogP) is 0.797. The molecular formula is C16H38N4+2. The summed E-state index contributed by atoms with van der Waals surface area (Å²) in [6.07, 6.45) is 0. The van der Waals surface area contributed by atoms with E-state index in [1.165, 1.54) is 65.4 Å². The first kappa shape index (κ1) is 17.9. The van der Waals surface area contributed by atoms with Gasteiger partial charge in [0.05, 0.1) is 54.4 Å². The second-order valence-corrected chi connectivity index (χ2v) is 7.63. The van der Waals surface area contributed by atoms with Crippen LogP contribution in [0.4, 0.5) is 0 Å². The Kier molecular flexibility index (Phi) is 6.92. The van der Waals surface area contributed by atoms with E-state index < -0.39 is 0 Å². The maximum Gasteiger partial charge on any atom is 0.0911 e. The van der Waals surface area contributed by atoms with Crippen LogP contribution in [0.1, 0.15) is 13.8 Å². The molecule has 1 rings (SSSR count). The van der Waals surface area contributed by atoms with Gasteiger partial charge in [-0.2, -0.15) is 0 Å². The highest BCUT2D eigenvalue weighted by atomic mass is 15.4. The van der Waals surface area contributed by atoms with Crippen molar-refractivity contribution in [2.45, 2.75) is 13.8 Å². The lowest BCUT2D eigenvalue weighted by molar-refractivity contribution is -0.888. The van der Waals surface area contributed by atoms with Gasteiger partial charge in [-0.05, 0) is 13.8 Å². The maximum absolute atomic E-state index is 2.64. The SMILES string of the molecule is CC[N+](C)(C)CCN1CCN(CC[N+](C)(C)CC)CC1. The Hall–Kier alpha value is -0.160. The molecule has 120 valence electrons. The van der Waals surface area contributed by atoms with E-state index in [-0.39, 0.29) is 0 Å². The summed E-state index contributed by atoms with van der Waals surface area (Å²) in [7, 11) is 9.34. The lowest BCUT2D eigenvalue weighted by atomic mass is 10.3. The summed E-state index contributed by atoms with van der Waals surface area (Å²) in [5, 5.41) is 0. The fourth-order valence-corrected chi connectivity index (χ4v) is 2.38. The predicted molar refractivity (Wildman–Crippen MR) is 87.9 cm³/mol. The fourth-order valence-electron chi connectivity index (χ4n) is 2.38. The van der Waals surface area contributed by atoms with Gasteiger partial charge >= 0.3 is 0 Å². The molecule has 0 aromatic heterocycles. The Balaban J connectivity index is 2.20. The van der Waals surface area contributed by atoms with Gasteiger partial charge in [-0.1, -0.05) is 0 Å². The molecule has 1 saturated heterocycles. The lowest BCUT2D eigenvalue weighted by Crippen LogP contribution is -2.53. The standard InChI is InChI=1S/C16H38N4/c1-7-19(3,4)15-13-17-9-11-18(12-10-17)14-16-20(5,6)8-2/h7-16H2,1-6H3/q+2. The Morgan fingerprint density at radius 2 is 0.950 bits per heavy atom. The fraction of sp³-hybridized carbons (Fsp3) is 1.00. The zero-order valence-corrected chi connectivity index (χ0v) is 14.9. The zero-order valence-electron chi connectivity index (χ0n) is 14.9. The summed E-state index contributed by atoms with van der Waals surface area (Å²) in [6.45, 7) is 17.1. The smallest absolute Gasteiger partial charge is 0.0911 e. The van der Waals surface area contributed by atoms with Crippen molar-refractivity contribution in [3.05, 3.63) is 0 Å². The zero-order chi connectivity index (χ0) is 15.2. The number of nitrogens with zero attached hydrogens (tertiary/aromatic N) is 4. The van der Waals surface area contributed by atoms with E-state index in [1.807, 2.05) is 0 Å². The van der Waals surface area contributed by atoms with Crippen LogP contribution in [-0.4, -0.2) is 112 Å². The molecule has 0 amide bonds. The largest absolute Gasteiger partial charge is 0.328 e. The monoisotopic (exact) mass is 286 g/mol. The van der Waals surface area contributed by atoms with Gasteiger partial charge < -0.3 is 8.97 Å². The highest BCUT2D eigenvalue weighted by Gasteiger charge is 2.21. The molecule has 1 heterocycles. The molecule has 4 heteroatoms. The molecule has 1 aliphatic rings. The van der Waals surface area contributed by atoms with Crippen LogP contribution in [-0.2, 0) is 0 Å². The van der Waals surface area contributed by atoms with Gasteiger partial charge in [0.2, 0.25) is 0 Å². The maximum atomic E-state index is 2.64. The first-order valence-electron chi connectivity index (χ1n) is 8.37. The molecule has 0 aromatic rings. The molecule has 0 N–H and O–H groups in total. The van der Waals surface area contributed by atoms with Gasteiger partial charge in [0.1, 0.15) is 0 Å². The summed E-state index contributed by atoms with van der Waals surface area (Å²) >= 11 is 0. The van der Waals surface area contributed by atoms with E-state index in [1.54, 1.807) is 0 Å². The van der Waals surface area contributed by atoms with Gasteiger partial charge in [-0.25, -0.2) is 0 Å². The molecule has 0 aromatic carbocycles. The van der Waals surface area contributed by atoms with Gasteiger partial charge in [0.25, 0.3) is 0 Å². The first-order chi connectivity index (χ1) is 9.28. The summed E-state index contributed by atoms with van der Waals surface area (Å²) in [4.78, 5) is 5.29. The molecule has 0 spiro atoms. The summed E-state index contributed by atoms with van der Waals surface area (Å²) in [5.74, 6) is 0. The number of quaternary nitrogens is 2. The van der Waals surface area contributed by atoms with Crippen molar-refractivity contribution >= 4 is 0 Å². The van der Waals surface area contributed by atoms with Crippen molar-refractivity contribution in [1.29, 1.82) is 0 Å². The number of hydrogen-bond acceptors (Lipinski definition) is 2. The van der Waals surface area contributed by atoms with E-state index >= 15 is 0 Å². The minimum Gasteiger partial charge on any atom is -0.328 e. The number of likely N-dealkylation sites (N-methyl/N-ethyl adjacent to an activating group) is 2. The van der Waals surface area contributed by atoms with E-state index in [9.17, 15) is 0 Å². The molecule has 0 saturated carbocycles. The summed E-state index contributed by atoms with van der Waals surface area (Å²) < 4.78 is 2.28. The quantitative estimate of drug-likeness (QED) is 0.609. The van der Waals surface area contributed by atoms with Crippen molar-refractivity contribution < 1.29 is 8.97 Å². The third kappa shape index (κ3) is 6.53. The van der Waals surface area contributed by atoms with Crippen LogP contribution in [0.3, 0.4) is 0 Å². The molecule has 20 heavy (non-hydrogen) atoms. The lowest BCUT2D eigenvalue weighted by Gasteiger charge is -2.38. The molecule has 1 aliphatic heterocycles. The molecule has 4 nitrogen and oxygen atoms in total. The molecule has 0 unspecified atom stereocenters. The van der Waals surface area contributed by atoms with Gasteiger partial charge in [-0.3, -0.25) is 9.80 Å². The average molecular weight is 287 g/mol. The minimum absolute atomic E-state index is 1.14. The van der Waals surface area contributed by atoms with E-state index in [4.69, 9.17) is 0 Å². The van der Waals surface area contributed by atoms with E-state index in [0.717, 1.165) is 8.97 Å². The van der Waals surface area contributed by atoms with Crippen LogP contribution in [0, 0.1) is 0 Å². The third-order valence-corrected chi connectivity index (χ3v) is 5.22. The Bertz CT molecular complexity index is 240. The van der Waals surface area contributed by atoms with E-state index in [0.29, 0.717) is 0 Å². The highest BCUT2D eigenvalue weighted by Crippen LogP contribution is 2.05. The molecular weight excluding hydrogens is 248 g/mol. The highest BCUT2D eigenvalue weighted by molar-refractivity contribution is 4.71. The normalized spacial score (nSPS) is 19.5. The third-order valence-electron chi connectivity index (χ3n) is 5.22. The number of piperazine rings is 1. The minimum atomic E-state index is 1.14. The van der Waals surface area contributed by atoms with E-state index in [2.05, 4.69) is 51.8 Å². The molecule has 0 aliphatic carbocycles. The van der Waals surface area contributed by atoms with Crippen molar-refractivity contribution in [1.82, 2.24) is 9.80 Å². The van der Waals surface area contributed by atoms with Crippen molar-refractivity contribution in [2.75, 3.05) is 93.6 Å². The molecule has 0 radical (unpaired) electrons. The van der Waals surface area contributed by atoms with Crippen LogP contribution < -0.4 is 0 Å². The van der Waals surface area contributed by atoms with Crippen molar-refractivity contribution in [2.24, 2.45) is 0 Å². The molecule has 0 bridgehead atoms.